The van der Waals surface area contributed by atoms with Gasteiger partial charge in [0.2, 0.25) is 0 Å². The molecule has 0 bridgehead atoms. The first-order valence-corrected chi connectivity index (χ1v) is 7.99. The van der Waals surface area contributed by atoms with E-state index < -0.39 is 11.6 Å². The third-order valence-corrected chi connectivity index (χ3v) is 4.71. The summed E-state index contributed by atoms with van der Waals surface area (Å²) < 4.78 is 32.8. The summed E-state index contributed by atoms with van der Waals surface area (Å²) in [4.78, 5) is 4.31. The number of fused-ring (bicyclic) bond motifs is 1. The van der Waals surface area contributed by atoms with Gasteiger partial charge in [-0.3, -0.25) is 4.90 Å². The zero-order valence-electron chi connectivity index (χ0n) is 13.3. The van der Waals surface area contributed by atoms with Gasteiger partial charge < -0.3 is 15.4 Å². The molecule has 126 valence electrons. The van der Waals surface area contributed by atoms with Crippen LogP contribution in [0.25, 0.3) is 6.08 Å². The van der Waals surface area contributed by atoms with Crippen LogP contribution in [-0.2, 0) is 4.74 Å². The maximum absolute atomic E-state index is 13.9. The maximum Gasteiger partial charge on any atom is 0.135 e. The highest BCUT2D eigenvalue weighted by Crippen LogP contribution is 2.29. The molecule has 2 aliphatic rings. The Kier molecular flexibility index (Phi) is 4.94. The number of rotatable bonds is 4. The summed E-state index contributed by atoms with van der Waals surface area (Å²) in [5.41, 5.74) is 7.13. The minimum Gasteiger partial charge on any atom is -0.379 e. The first-order valence-electron chi connectivity index (χ1n) is 7.99. The lowest BCUT2D eigenvalue weighted by Crippen LogP contribution is -2.52. The predicted octanol–water partition coefficient (Wildman–Crippen LogP) is 1.85. The molecule has 2 N–H and O–H groups in total. The van der Waals surface area contributed by atoms with Crippen molar-refractivity contribution < 1.29 is 13.5 Å². The van der Waals surface area contributed by atoms with Crippen molar-refractivity contribution in [1.82, 2.24) is 4.90 Å². The van der Waals surface area contributed by atoms with E-state index >= 15 is 0 Å². The van der Waals surface area contributed by atoms with Crippen molar-refractivity contribution in [3.05, 3.63) is 35.4 Å². The van der Waals surface area contributed by atoms with Gasteiger partial charge in [0.25, 0.3) is 0 Å². The summed E-state index contributed by atoms with van der Waals surface area (Å²) in [5.74, 6) is -1.05. The van der Waals surface area contributed by atoms with Crippen LogP contribution < -0.4 is 10.6 Å². The van der Waals surface area contributed by atoms with Crippen molar-refractivity contribution in [1.29, 1.82) is 0 Å². The average molecular weight is 323 g/mol. The molecule has 0 radical (unpaired) electrons. The SMILES string of the molecule is CO[C@@H]1CN(CCN2CC=Cc3c(F)cc(F)cc32)CC[C@@H]1N. The average Bonchev–Trinajstić information content (AvgIpc) is 2.54. The molecule has 6 heteroatoms. The van der Waals surface area contributed by atoms with Gasteiger partial charge >= 0.3 is 0 Å². The number of nitrogens with two attached hydrogens (primary N) is 1. The standard InChI is InChI=1S/C17H23F2N3O/c1-23-17-11-21(6-4-15(17)20)7-8-22-5-2-3-13-14(19)9-12(18)10-16(13)22/h2-3,9-10,15,17H,4-8,11,20H2,1H3/t15-,17+/m0/s1. The lowest BCUT2D eigenvalue weighted by molar-refractivity contribution is 0.0177. The van der Waals surface area contributed by atoms with Crippen molar-refractivity contribution in [2.75, 3.05) is 44.7 Å². The summed E-state index contributed by atoms with van der Waals surface area (Å²) in [6, 6.07) is 2.42. The molecule has 23 heavy (non-hydrogen) atoms. The Balaban J connectivity index is 1.65. The highest BCUT2D eigenvalue weighted by Gasteiger charge is 2.27. The minimum atomic E-state index is -0.537. The molecule has 0 aliphatic carbocycles. The van der Waals surface area contributed by atoms with Crippen LogP contribution in [0.1, 0.15) is 12.0 Å². The van der Waals surface area contributed by atoms with Gasteiger partial charge in [0.15, 0.2) is 0 Å². The van der Waals surface area contributed by atoms with E-state index in [-0.39, 0.29) is 12.1 Å². The molecule has 2 aliphatic heterocycles. The Bertz CT molecular complexity index is 593. The molecule has 0 aromatic heterocycles. The molecule has 0 saturated carbocycles. The fourth-order valence-electron chi connectivity index (χ4n) is 3.32. The monoisotopic (exact) mass is 323 g/mol. The highest BCUT2D eigenvalue weighted by atomic mass is 19.1. The zero-order chi connectivity index (χ0) is 16.4. The van der Waals surface area contributed by atoms with E-state index in [1.54, 1.807) is 13.2 Å². The molecule has 0 spiro atoms. The fourth-order valence-corrected chi connectivity index (χ4v) is 3.32. The van der Waals surface area contributed by atoms with Crippen LogP contribution in [0, 0.1) is 11.6 Å². The Morgan fingerprint density at radius 1 is 1.30 bits per heavy atom. The molecule has 0 amide bonds. The van der Waals surface area contributed by atoms with E-state index in [4.69, 9.17) is 10.5 Å². The Morgan fingerprint density at radius 3 is 2.91 bits per heavy atom. The van der Waals surface area contributed by atoms with E-state index in [1.165, 1.54) is 6.07 Å². The van der Waals surface area contributed by atoms with Crippen LogP contribution in [-0.4, -0.2) is 56.9 Å². The number of likely N-dealkylation sites (tertiary alicyclic amines) is 1. The van der Waals surface area contributed by atoms with Gasteiger partial charge in [-0.25, -0.2) is 8.78 Å². The molecule has 1 fully saturated rings. The second kappa shape index (κ2) is 6.95. The Morgan fingerprint density at radius 2 is 2.13 bits per heavy atom. The molecule has 4 nitrogen and oxygen atoms in total. The number of anilines is 1. The molecule has 3 rings (SSSR count). The number of piperidine rings is 1. The van der Waals surface area contributed by atoms with Gasteiger partial charge in [-0.1, -0.05) is 12.2 Å². The summed E-state index contributed by atoms with van der Waals surface area (Å²) >= 11 is 0. The molecule has 0 unspecified atom stereocenters. The predicted molar refractivity (Wildman–Crippen MR) is 87.4 cm³/mol. The molecule has 2 heterocycles. The molecule has 2 atom stereocenters. The summed E-state index contributed by atoms with van der Waals surface area (Å²) in [7, 11) is 1.69. The second-order valence-corrected chi connectivity index (χ2v) is 6.20. The van der Waals surface area contributed by atoms with E-state index in [0.717, 1.165) is 32.1 Å². The van der Waals surface area contributed by atoms with Crippen LogP contribution in [0.15, 0.2) is 18.2 Å². The molecule has 1 aromatic rings. The topological polar surface area (TPSA) is 41.7 Å². The zero-order valence-corrected chi connectivity index (χ0v) is 13.3. The number of methoxy groups -OCH3 is 1. The van der Waals surface area contributed by atoms with E-state index in [9.17, 15) is 8.78 Å². The quantitative estimate of drug-likeness (QED) is 0.918. The van der Waals surface area contributed by atoms with Gasteiger partial charge in [-0.15, -0.1) is 0 Å². The fraction of sp³-hybridized carbons (Fsp3) is 0.529. The smallest absolute Gasteiger partial charge is 0.135 e. The Labute approximate surface area is 135 Å². The largest absolute Gasteiger partial charge is 0.379 e. The minimum absolute atomic E-state index is 0.0483. The van der Waals surface area contributed by atoms with E-state index in [1.807, 2.05) is 11.0 Å². The molecular weight excluding hydrogens is 300 g/mol. The van der Waals surface area contributed by atoms with Gasteiger partial charge in [-0.2, -0.15) is 0 Å². The number of hydrogen-bond donors (Lipinski definition) is 1. The molecule has 1 saturated heterocycles. The van der Waals surface area contributed by atoms with Gasteiger partial charge in [0.05, 0.1) is 11.8 Å². The third-order valence-electron chi connectivity index (χ3n) is 4.71. The van der Waals surface area contributed by atoms with Gasteiger partial charge in [0.1, 0.15) is 11.6 Å². The van der Waals surface area contributed by atoms with Crippen LogP contribution in [0.5, 0.6) is 0 Å². The first-order chi connectivity index (χ1) is 11.1. The lowest BCUT2D eigenvalue weighted by atomic mass is 10.0. The normalized spacial score (nSPS) is 24.8. The van der Waals surface area contributed by atoms with Crippen molar-refractivity contribution >= 4 is 11.8 Å². The molecular formula is C17H23F2N3O. The molecule has 1 aromatic carbocycles. The number of nitrogens with zero attached hydrogens (tertiary/aromatic N) is 2. The summed E-state index contributed by atoms with van der Waals surface area (Å²) in [6.07, 6.45) is 4.58. The second-order valence-electron chi connectivity index (χ2n) is 6.20. The van der Waals surface area contributed by atoms with Gasteiger partial charge in [-0.05, 0) is 19.0 Å². The van der Waals surface area contributed by atoms with Gasteiger partial charge in [0, 0.05) is 51.0 Å². The third kappa shape index (κ3) is 3.54. The van der Waals surface area contributed by atoms with Crippen molar-refractivity contribution in [2.45, 2.75) is 18.6 Å². The van der Waals surface area contributed by atoms with Crippen molar-refractivity contribution in [3.8, 4) is 0 Å². The van der Waals surface area contributed by atoms with E-state index in [0.29, 0.717) is 24.3 Å². The van der Waals surface area contributed by atoms with Crippen LogP contribution in [0.3, 0.4) is 0 Å². The number of benzene rings is 1. The lowest BCUT2D eigenvalue weighted by Gasteiger charge is -2.37. The first kappa shape index (κ1) is 16.4. The number of ether oxygens (including phenoxy) is 1. The number of halogens is 2. The van der Waals surface area contributed by atoms with Crippen LogP contribution in [0.4, 0.5) is 14.5 Å². The highest BCUT2D eigenvalue weighted by molar-refractivity contribution is 5.71. The Hall–Kier alpha value is -1.50. The summed E-state index contributed by atoms with van der Waals surface area (Å²) in [6.45, 7) is 3.92. The van der Waals surface area contributed by atoms with Crippen molar-refractivity contribution in [3.63, 3.8) is 0 Å². The summed E-state index contributed by atoms with van der Waals surface area (Å²) in [5, 5.41) is 0. The van der Waals surface area contributed by atoms with Crippen molar-refractivity contribution in [2.24, 2.45) is 5.73 Å². The maximum atomic E-state index is 13.9. The van der Waals surface area contributed by atoms with E-state index in [2.05, 4.69) is 4.90 Å². The number of hydrogen-bond acceptors (Lipinski definition) is 4. The van der Waals surface area contributed by atoms with Crippen LogP contribution >= 0.6 is 0 Å². The van der Waals surface area contributed by atoms with Crippen LogP contribution in [0.2, 0.25) is 0 Å².